The van der Waals surface area contributed by atoms with Crippen LogP contribution in [0.4, 0.5) is 20.6 Å². The molecule has 1 atom stereocenters. The van der Waals surface area contributed by atoms with Crippen molar-refractivity contribution < 1.29 is 14.0 Å². The van der Waals surface area contributed by atoms with Crippen LogP contribution in [-0.2, 0) is 17.9 Å². The summed E-state index contributed by atoms with van der Waals surface area (Å²) in [4.78, 5) is 30.2. The Morgan fingerprint density at radius 1 is 1.06 bits per heavy atom. The minimum atomic E-state index is -0.769. The zero-order valence-corrected chi connectivity index (χ0v) is 21.1. The van der Waals surface area contributed by atoms with Gasteiger partial charge in [0.2, 0.25) is 5.91 Å². The van der Waals surface area contributed by atoms with Crippen LogP contribution in [0.1, 0.15) is 43.0 Å². The maximum Gasteiger partial charge on any atom is 0.319 e. The number of halogens is 2. The van der Waals surface area contributed by atoms with Crippen molar-refractivity contribution in [3.8, 4) is 0 Å². The molecule has 1 heterocycles. The summed E-state index contributed by atoms with van der Waals surface area (Å²) in [5.74, 6) is -0.278. The van der Waals surface area contributed by atoms with Crippen LogP contribution in [0.3, 0.4) is 0 Å². The molecule has 36 heavy (non-hydrogen) atoms. The average Bonchev–Trinajstić information content (AvgIpc) is 2.95. The van der Waals surface area contributed by atoms with Crippen LogP contribution >= 0.6 is 11.6 Å². The highest BCUT2D eigenvalue weighted by atomic mass is 35.5. The van der Waals surface area contributed by atoms with Gasteiger partial charge in [-0.15, -0.1) is 0 Å². The van der Waals surface area contributed by atoms with E-state index in [0.29, 0.717) is 33.2 Å². The minimum absolute atomic E-state index is 0.254. The van der Waals surface area contributed by atoms with Crippen molar-refractivity contribution >= 4 is 40.6 Å². The van der Waals surface area contributed by atoms with Crippen molar-refractivity contribution in [2.24, 2.45) is 4.99 Å². The highest BCUT2D eigenvalue weighted by Gasteiger charge is 2.27. The lowest BCUT2D eigenvalue weighted by Crippen LogP contribution is -2.43. The number of hydrogen-bond donors (Lipinski definition) is 3. The largest absolute Gasteiger partial charge is 0.333 e. The van der Waals surface area contributed by atoms with Gasteiger partial charge in [0.15, 0.2) is 0 Å². The van der Waals surface area contributed by atoms with Gasteiger partial charge in [-0.25, -0.2) is 9.18 Å². The third kappa shape index (κ3) is 6.10. The van der Waals surface area contributed by atoms with Crippen LogP contribution in [0.2, 0.25) is 5.02 Å². The Bertz CT molecular complexity index is 1320. The normalized spacial score (nSPS) is 15.3. The molecule has 1 aliphatic heterocycles. The fourth-order valence-electron chi connectivity index (χ4n) is 4.00. The Balaban J connectivity index is 1.70. The second-order valence-electron chi connectivity index (χ2n) is 9.69. The van der Waals surface area contributed by atoms with Gasteiger partial charge in [0.25, 0.3) is 0 Å². The molecule has 6 nitrogen and oxygen atoms in total. The number of rotatable bonds is 5. The quantitative estimate of drug-likeness (QED) is 0.389. The lowest BCUT2D eigenvalue weighted by atomic mass is 9.99. The summed E-state index contributed by atoms with van der Waals surface area (Å²) in [6.07, 6.45) is 0.254. The smallest absolute Gasteiger partial charge is 0.319 e. The second-order valence-corrected chi connectivity index (χ2v) is 10.1. The lowest BCUT2D eigenvalue weighted by Gasteiger charge is -2.20. The Hall–Kier alpha value is -3.71. The second kappa shape index (κ2) is 10.5. The van der Waals surface area contributed by atoms with Gasteiger partial charge in [0.05, 0.1) is 11.4 Å². The SMILES string of the molecule is CC(C)(C)NC(=O)Nc1ccc(C2=NC(Cc3ccccc3CF)C(=O)Nc3ccc(Cl)cc32)cc1. The Kier molecular flexibility index (Phi) is 7.40. The summed E-state index contributed by atoms with van der Waals surface area (Å²) in [7, 11) is 0. The molecule has 1 aliphatic rings. The van der Waals surface area contributed by atoms with Gasteiger partial charge in [-0.1, -0.05) is 48.0 Å². The molecule has 0 spiro atoms. The third-order valence-corrected chi connectivity index (χ3v) is 5.90. The summed E-state index contributed by atoms with van der Waals surface area (Å²) in [5.41, 5.74) is 4.13. The number of amides is 3. The van der Waals surface area contributed by atoms with Crippen LogP contribution in [0.25, 0.3) is 0 Å². The van der Waals surface area contributed by atoms with Gasteiger partial charge in [-0.2, -0.15) is 0 Å². The highest BCUT2D eigenvalue weighted by Crippen LogP contribution is 2.29. The van der Waals surface area contributed by atoms with E-state index in [-0.39, 0.29) is 23.9 Å². The maximum atomic E-state index is 13.6. The summed E-state index contributed by atoms with van der Waals surface area (Å²) in [6, 6.07) is 18.5. The number of carbonyl (C=O) groups is 2. The Morgan fingerprint density at radius 3 is 2.42 bits per heavy atom. The molecule has 3 N–H and O–H groups in total. The van der Waals surface area contributed by atoms with Crippen LogP contribution in [0.15, 0.2) is 71.7 Å². The highest BCUT2D eigenvalue weighted by molar-refractivity contribution is 6.32. The molecule has 3 amide bonds. The molecule has 3 aromatic carbocycles. The Morgan fingerprint density at radius 2 is 1.75 bits per heavy atom. The van der Waals surface area contributed by atoms with E-state index < -0.39 is 12.7 Å². The molecule has 8 heteroatoms. The zero-order chi connectivity index (χ0) is 25.9. The van der Waals surface area contributed by atoms with Crippen molar-refractivity contribution in [1.82, 2.24) is 5.32 Å². The van der Waals surface area contributed by atoms with Crippen molar-refractivity contribution in [2.45, 2.75) is 45.4 Å². The fourth-order valence-corrected chi connectivity index (χ4v) is 4.17. The fraction of sp³-hybridized carbons (Fsp3) is 0.250. The van der Waals surface area contributed by atoms with Gasteiger partial charge in [-0.05, 0) is 62.2 Å². The number of nitrogens with zero attached hydrogens (tertiary/aromatic N) is 1. The lowest BCUT2D eigenvalue weighted by molar-refractivity contribution is -0.117. The van der Waals surface area contributed by atoms with Gasteiger partial charge in [0.1, 0.15) is 12.7 Å². The molecule has 186 valence electrons. The van der Waals surface area contributed by atoms with Crippen molar-refractivity contribution in [3.05, 3.63) is 94.0 Å². The van der Waals surface area contributed by atoms with Crippen LogP contribution in [0, 0.1) is 0 Å². The van der Waals surface area contributed by atoms with E-state index in [0.717, 1.165) is 11.1 Å². The van der Waals surface area contributed by atoms with E-state index in [9.17, 15) is 14.0 Å². The number of benzene rings is 3. The molecule has 0 aliphatic carbocycles. The van der Waals surface area contributed by atoms with E-state index in [4.69, 9.17) is 16.6 Å². The molecule has 4 rings (SSSR count). The number of fused-ring (bicyclic) bond motifs is 1. The number of benzodiazepines with no additional fused rings is 1. The molecular weight excluding hydrogens is 479 g/mol. The van der Waals surface area contributed by atoms with E-state index in [1.807, 2.05) is 45.0 Å². The Labute approximate surface area is 215 Å². The topological polar surface area (TPSA) is 82.6 Å². The zero-order valence-electron chi connectivity index (χ0n) is 20.4. The van der Waals surface area contributed by atoms with E-state index in [1.54, 1.807) is 42.5 Å². The number of alkyl halides is 1. The van der Waals surface area contributed by atoms with Crippen molar-refractivity contribution in [2.75, 3.05) is 10.6 Å². The number of nitrogens with one attached hydrogen (secondary N) is 3. The molecular formula is C28H28ClFN4O2. The minimum Gasteiger partial charge on any atom is -0.333 e. The molecule has 0 saturated carbocycles. The van der Waals surface area contributed by atoms with Crippen LogP contribution < -0.4 is 16.0 Å². The number of anilines is 2. The number of hydrogen-bond acceptors (Lipinski definition) is 3. The first-order chi connectivity index (χ1) is 17.1. The number of aliphatic imine (C=N–C) groups is 1. The van der Waals surface area contributed by atoms with E-state index in [2.05, 4.69) is 16.0 Å². The monoisotopic (exact) mass is 506 g/mol. The molecule has 0 radical (unpaired) electrons. The number of carbonyl (C=O) groups excluding carboxylic acids is 2. The van der Waals surface area contributed by atoms with Crippen molar-refractivity contribution in [1.29, 1.82) is 0 Å². The molecule has 3 aromatic rings. The maximum absolute atomic E-state index is 13.6. The predicted molar refractivity (Wildman–Crippen MR) is 143 cm³/mol. The first-order valence-corrected chi connectivity index (χ1v) is 12.0. The predicted octanol–water partition coefficient (Wildman–Crippen LogP) is 6.13. The number of urea groups is 1. The van der Waals surface area contributed by atoms with E-state index in [1.165, 1.54) is 0 Å². The first kappa shape index (κ1) is 25.4. The molecule has 0 fully saturated rings. The standard InChI is InChI=1S/C28H28ClFN4O2/c1-28(2,3)34-27(36)31-21-11-8-17(9-12-21)25-22-15-20(29)10-13-23(22)33-26(35)24(32-25)14-18-6-4-5-7-19(18)16-30/h4-13,15,24H,14,16H2,1-3H3,(H,33,35)(H2,31,34,36). The van der Waals surface area contributed by atoms with Gasteiger partial charge >= 0.3 is 6.03 Å². The van der Waals surface area contributed by atoms with Gasteiger partial charge < -0.3 is 16.0 Å². The molecule has 1 unspecified atom stereocenters. The summed E-state index contributed by atoms with van der Waals surface area (Å²) in [5, 5.41) is 9.13. The summed E-state index contributed by atoms with van der Waals surface area (Å²) >= 11 is 6.30. The molecule has 0 saturated heterocycles. The summed E-state index contributed by atoms with van der Waals surface area (Å²) < 4.78 is 13.6. The van der Waals surface area contributed by atoms with Gasteiger partial charge in [0, 0.05) is 33.8 Å². The van der Waals surface area contributed by atoms with E-state index >= 15 is 0 Å². The summed E-state index contributed by atoms with van der Waals surface area (Å²) in [6.45, 7) is 5.09. The average molecular weight is 507 g/mol. The van der Waals surface area contributed by atoms with Crippen LogP contribution in [0.5, 0.6) is 0 Å². The molecule has 0 aromatic heterocycles. The van der Waals surface area contributed by atoms with Crippen LogP contribution in [-0.4, -0.2) is 29.2 Å². The third-order valence-electron chi connectivity index (χ3n) is 5.66. The van der Waals surface area contributed by atoms with Gasteiger partial charge in [-0.3, -0.25) is 9.79 Å². The first-order valence-electron chi connectivity index (χ1n) is 11.6. The van der Waals surface area contributed by atoms with Crippen molar-refractivity contribution in [3.63, 3.8) is 0 Å². The molecule has 0 bridgehead atoms.